The maximum atomic E-state index is 13.5. The Morgan fingerprint density at radius 3 is 2.44 bits per heavy atom. The van der Waals surface area contributed by atoms with Crippen LogP contribution in [0.4, 0.5) is 4.79 Å². The standard InChI is InChI=1S/C39H64N2O9/c1-26(2)35(44)28(4)36-32(49-36)25-38(5,46)18-9-8-12-31-27(3)13-14-33(39(6,47-7)19-15-30(42)24-34(43)48-31)50-37(45)41-22-16-29(17-23-41)40-20-10-11-21-40/h8-9,12-14,18,26-33,35-36,42,44,46H,10-11,15-17,19-25H2,1-7H3. The number of hydrogen-bond donors (Lipinski definition) is 3. The lowest BCUT2D eigenvalue weighted by Crippen LogP contribution is -2.49. The van der Waals surface area contributed by atoms with Crippen LogP contribution in [0.25, 0.3) is 0 Å². The molecular weight excluding hydrogens is 640 g/mol. The lowest BCUT2D eigenvalue weighted by atomic mass is 9.88. The zero-order chi connectivity index (χ0) is 36.6. The highest BCUT2D eigenvalue weighted by molar-refractivity contribution is 5.70. The maximum absolute atomic E-state index is 13.5. The Bertz CT molecular complexity index is 1190. The zero-order valence-electron chi connectivity index (χ0n) is 31.4. The molecule has 0 aromatic carbocycles. The van der Waals surface area contributed by atoms with E-state index in [0.29, 0.717) is 32.0 Å². The Balaban J connectivity index is 1.41. The quantitative estimate of drug-likeness (QED) is 0.119. The van der Waals surface area contributed by atoms with Gasteiger partial charge >= 0.3 is 12.1 Å². The molecule has 0 aromatic rings. The number of methoxy groups -OCH3 is 1. The summed E-state index contributed by atoms with van der Waals surface area (Å²) in [6.45, 7) is 15.0. The minimum atomic E-state index is -1.14. The van der Waals surface area contributed by atoms with Gasteiger partial charge in [0.15, 0.2) is 6.10 Å². The summed E-state index contributed by atoms with van der Waals surface area (Å²) in [5, 5.41) is 32.2. The van der Waals surface area contributed by atoms with Crippen molar-refractivity contribution >= 4 is 12.1 Å². The van der Waals surface area contributed by atoms with E-state index in [1.807, 2.05) is 46.8 Å². The molecule has 50 heavy (non-hydrogen) atoms. The van der Waals surface area contributed by atoms with Crippen molar-refractivity contribution in [1.29, 1.82) is 0 Å². The molecule has 4 aliphatic rings. The second-order valence-corrected chi connectivity index (χ2v) is 15.9. The van der Waals surface area contributed by atoms with Crippen LogP contribution in [0.5, 0.6) is 0 Å². The first-order valence-corrected chi connectivity index (χ1v) is 18.8. The molecule has 0 radical (unpaired) electrons. The molecule has 11 heteroatoms. The fraction of sp³-hybridized carbons (Fsp3) is 0.795. The van der Waals surface area contributed by atoms with Crippen LogP contribution in [0, 0.1) is 17.8 Å². The molecule has 0 saturated carbocycles. The molecule has 4 heterocycles. The minimum Gasteiger partial charge on any atom is -0.457 e. The van der Waals surface area contributed by atoms with Crippen LogP contribution < -0.4 is 0 Å². The predicted octanol–water partition coefficient (Wildman–Crippen LogP) is 4.78. The number of amides is 1. The zero-order valence-corrected chi connectivity index (χ0v) is 31.4. The monoisotopic (exact) mass is 704 g/mol. The molecule has 0 aliphatic carbocycles. The van der Waals surface area contributed by atoms with Crippen LogP contribution in [0.15, 0.2) is 36.5 Å². The second-order valence-electron chi connectivity index (χ2n) is 15.9. The molecule has 0 bridgehead atoms. The number of allylic oxidation sites excluding steroid dienone is 2. The van der Waals surface area contributed by atoms with Crippen LogP contribution >= 0.6 is 0 Å². The summed E-state index contributed by atoms with van der Waals surface area (Å²) in [7, 11) is 1.57. The second kappa shape index (κ2) is 18.0. The smallest absolute Gasteiger partial charge is 0.410 e. The minimum absolute atomic E-state index is 0.0226. The Morgan fingerprint density at radius 2 is 1.80 bits per heavy atom. The lowest BCUT2D eigenvalue weighted by Gasteiger charge is -2.39. The number of piperidine rings is 1. The van der Waals surface area contributed by atoms with Crippen LogP contribution in [-0.4, -0.2) is 124 Å². The summed E-state index contributed by atoms with van der Waals surface area (Å²) in [5.41, 5.74) is -2.07. The van der Waals surface area contributed by atoms with E-state index in [-0.39, 0.29) is 48.9 Å². The summed E-state index contributed by atoms with van der Waals surface area (Å²) in [6.07, 6.45) is 12.3. The number of hydrogen-bond acceptors (Lipinski definition) is 10. The van der Waals surface area contributed by atoms with Crippen molar-refractivity contribution in [2.75, 3.05) is 33.3 Å². The van der Waals surface area contributed by atoms with Crippen LogP contribution in [0.3, 0.4) is 0 Å². The van der Waals surface area contributed by atoms with Gasteiger partial charge in [0.1, 0.15) is 11.7 Å². The molecule has 1 amide bonds. The number of cyclic esters (lactones) is 1. The van der Waals surface area contributed by atoms with Gasteiger partial charge in [0.2, 0.25) is 0 Å². The van der Waals surface area contributed by atoms with Crippen LogP contribution in [-0.2, 0) is 23.7 Å². The third-order valence-corrected chi connectivity index (χ3v) is 11.3. The highest BCUT2D eigenvalue weighted by atomic mass is 16.6. The number of nitrogens with zero attached hydrogens (tertiary/aromatic N) is 2. The average molecular weight is 705 g/mol. The number of rotatable bonds is 11. The number of aliphatic hydroxyl groups is 3. The molecule has 10 atom stereocenters. The van der Waals surface area contributed by atoms with Gasteiger partial charge in [0.25, 0.3) is 0 Å². The van der Waals surface area contributed by atoms with Gasteiger partial charge in [-0.05, 0) is 83.5 Å². The largest absolute Gasteiger partial charge is 0.457 e. The highest BCUT2D eigenvalue weighted by Crippen LogP contribution is 2.38. The van der Waals surface area contributed by atoms with Crippen LogP contribution in [0.1, 0.15) is 92.9 Å². The summed E-state index contributed by atoms with van der Waals surface area (Å²) in [6, 6.07) is 0.515. The summed E-state index contributed by atoms with van der Waals surface area (Å²) in [5.74, 6) is -0.721. The van der Waals surface area contributed by atoms with Crippen molar-refractivity contribution in [2.24, 2.45) is 17.8 Å². The molecule has 4 aliphatic heterocycles. The number of carbonyl (C=O) groups is 2. The SMILES string of the molecule is COC1(C)CCC(O)CC(=O)OC(C=CC=CC(C)(O)CC2OC2C(C)C(O)C(C)C)C(C)C=CC1OC(=O)N1CCC(N2CCCC2)CC1. The van der Waals surface area contributed by atoms with Gasteiger partial charge in [0.05, 0.1) is 36.4 Å². The predicted molar refractivity (Wildman–Crippen MR) is 191 cm³/mol. The van der Waals surface area contributed by atoms with Gasteiger partial charge < -0.3 is 44.1 Å². The van der Waals surface area contributed by atoms with E-state index in [1.54, 1.807) is 43.2 Å². The maximum Gasteiger partial charge on any atom is 0.410 e. The molecule has 0 aromatic heterocycles. The number of aliphatic hydroxyl groups excluding tert-OH is 2. The summed E-state index contributed by atoms with van der Waals surface area (Å²) in [4.78, 5) is 30.7. The van der Waals surface area contributed by atoms with Gasteiger partial charge in [-0.1, -0.05) is 52.0 Å². The fourth-order valence-corrected chi connectivity index (χ4v) is 7.58. The molecule has 4 rings (SSSR count). The summed E-state index contributed by atoms with van der Waals surface area (Å²) >= 11 is 0. The third-order valence-electron chi connectivity index (χ3n) is 11.3. The van der Waals surface area contributed by atoms with E-state index >= 15 is 0 Å². The lowest BCUT2D eigenvalue weighted by molar-refractivity contribution is -0.151. The van der Waals surface area contributed by atoms with Gasteiger partial charge in [-0.3, -0.25) is 4.79 Å². The number of ether oxygens (including phenoxy) is 4. The van der Waals surface area contributed by atoms with E-state index in [4.69, 9.17) is 18.9 Å². The average Bonchev–Trinajstić information content (AvgIpc) is 3.59. The highest BCUT2D eigenvalue weighted by Gasteiger charge is 2.48. The molecule has 3 fully saturated rings. The Morgan fingerprint density at radius 1 is 1.12 bits per heavy atom. The van der Waals surface area contributed by atoms with E-state index in [2.05, 4.69) is 4.90 Å². The first-order chi connectivity index (χ1) is 23.6. The van der Waals surface area contributed by atoms with Crippen LogP contribution in [0.2, 0.25) is 0 Å². The molecular formula is C39H64N2O9. The van der Waals surface area contributed by atoms with Gasteiger partial charge in [0, 0.05) is 44.5 Å². The molecule has 3 N–H and O–H groups in total. The number of carbonyl (C=O) groups excluding carboxylic acids is 2. The van der Waals surface area contributed by atoms with Gasteiger partial charge in [-0.25, -0.2) is 4.79 Å². The topological polar surface area (TPSA) is 142 Å². The summed E-state index contributed by atoms with van der Waals surface area (Å²) < 4.78 is 23.7. The molecule has 0 spiro atoms. The van der Waals surface area contributed by atoms with E-state index in [9.17, 15) is 24.9 Å². The molecule has 284 valence electrons. The number of esters is 1. The Labute approximate surface area is 299 Å². The number of epoxide rings is 1. The normalized spacial score (nSPS) is 34.7. The van der Waals surface area contributed by atoms with Crippen molar-refractivity contribution in [1.82, 2.24) is 9.80 Å². The van der Waals surface area contributed by atoms with E-state index < -0.39 is 41.6 Å². The molecule has 11 nitrogen and oxygen atoms in total. The first-order valence-electron chi connectivity index (χ1n) is 18.8. The number of likely N-dealkylation sites (tertiary alicyclic amines) is 2. The van der Waals surface area contributed by atoms with Gasteiger partial charge in [-0.15, -0.1) is 0 Å². The Hall–Kier alpha value is -2.28. The molecule has 10 unspecified atom stereocenters. The van der Waals surface area contributed by atoms with Crippen molar-refractivity contribution in [2.45, 2.75) is 147 Å². The van der Waals surface area contributed by atoms with E-state index in [0.717, 1.165) is 25.9 Å². The van der Waals surface area contributed by atoms with Crippen molar-refractivity contribution in [3.63, 3.8) is 0 Å². The van der Waals surface area contributed by atoms with Gasteiger partial charge in [-0.2, -0.15) is 0 Å². The van der Waals surface area contributed by atoms with E-state index in [1.165, 1.54) is 12.8 Å². The third kappa shape index (κ3) is 11.4. The first kappa shape index (κ1) is 40.5. The van der Waals surface area contributed by atoms with Crippen molar-refractivity contribution < 1.29 is 43.9 Å². The van der Waals surface area contributed by atoms with Crippen molar-refractivity contribution in [3.8, 4) is 0 Å². The Kier molecular flexibility index (Phi) is 14.6. The fourth-order valence-electron chi connectivity index (χ4n) is 7.58. The van der Waals surface area contributed by atoms with Crippen molar-refractivity contribution in [3.05, 3.63) is 36.5 Å². The molecule has 3 saturated heterocycles.